The molecule has 1 aliphatic heterocycles. The molecule has 3 aliphatic rings. The highest BCUT2D eigenvalue weighted by Gasteiger charge is 2.65. The van der Waals surface area contributed by atoms with Gasteiger partial charge in [0.2, 0.25) is 11.7 Å². The summed E-state index contributed by atoms with van der Waals surface area (Å²) in [5, 5.41) is 46.0. The van der Waals surface area contributed by atoms with Crippen LogP contribution in [0, 0.1) is 27.9 Å². The Labute approximate surface area is 305 Å². The molecule has 1 heterocycles. The summed E-state index contributed by atoms with van der Waals surface area (Å²) in [7, 11) is 1.50. The number of ether oxygens (including phenoxy) is 2. The zero-order chi connectivity index (χ0) is 37.3. The fourth-order valence-electron chi connectivity index (χ4n) is 8.40. The van der Waals surface area contributed by atoms with Crippen molar-refractivity contribution in [2.24, 2.45) is 22.9 Å². The minimum atomic E-state index is -1.39. The van der Waals surface area contributed by atoms with E-state index in [1.807, 2.05) is 6.92 Å². The maximum atomic E-state index is 14.3. The summed E-state index contributed by atoms with van der Waals surface area (Å²) in [5.41, 5.74) is 3.04. The quantitative estimate of drug-likeness (QED) is 0.0512. The lowest BCUT2D eigenvalue weighted by Crippen LogP contribution is -2.70. The van der Waals surface area contributed by atoms with Crippen molar-refractivity contribution in [3.05, 3.63) is 94.1 Å². The molecule has 2 aromatic carbocycles. The molecule has 6 atom stereocenters. The Morgan fingerprint density at radius 2 is 1.87 bits per heavy atom. The number of amides is 1. The van der Waals surface area contributed by atoms with E-state index < -0.39 is 22.7 Å². The van der Waals surface area contributed by atoms with Crippen LogP contribution in [0.2, 0.25) is 0 Å². The second-order valence-electron chi connectivity index (χ2n) is 13.7. The van der Waals surface area contributed by atoms with E-state index in [0.29, 0.717) is 42.8 Å². The SMILES string of the molecule is C=CCO[C@@]12Oc3ccc(O)cc3[C@H]3[C@H](CCCCO)[C@@H](CCCCO)C=C(C(=NOC)C[C@@H]1N(CCC)C(=O)C=Cc1ccc([N+](=O)[O-])cc1)[C@H]32. The van der Waals surface area contributed by atoms with Crippen LogP contribution in [0.15, 0.2) is 78.0 Å². The Bertz CT molecular complexity index is 1660. The number of carbonyl (C=O) groups excluding carboxylic acids is 1. The third-order valence-electron chi connectivity index (χ3n) is 10.5. The number of hydrogen-bond donors (Lipinski definition) is 3. The number of rotatable bonds is 18. The van der Waals surface area contributed by atoms with Gasteiger partial charge in [-0.2, -0.15) is 0 Å². The minimum Gasteiger partial charge on any atom is -0.508 e. The molecule has 0 unspecified atom stereocenters. The zero-order valence-corrected chi connectivity index (χ0v) is 30.1. The number of unbranched alkanes of at least 4 members (excludes halogenated alkanes) is 2. The number of aromatic hydroxyl groups is 1. The number of fused-ring (bicyclic) bond motifs is 2. The average molecular weight is 718 g/mol. The van der Waals surface area contributed by atoms with Gasteiger partial charge >= 0.3 is 0 Å². The number of nitrogens with zero attached hydrogens (tertiary/aromatic N) is 3. The molecule has 12 heteroatoms. The van der Waals surface area contributed by atoms with Crippen molar-refractivity contribution in [3.8, 4) is 11.5 Å². The summed E-state index contributed by atoms with van der Waals surface area (Å²) >= 11 is 0. The van der Waals surface area contributed by atoms with Crippen molar-refractivity contribution < 1.29 is 39.3 Å². The van der Waals surface area contributed by atoms with Crippen LogP contribution in [0.3, 0.4) is 0 Å². The topological polar surface area (TPSA) is 164 Å². The number of non-ortho nitro benzene ring substituents is 1. The van der Waals surface area contributed by atoms with E-state index in [4.69, 9.17) is 14.3 Å². The Morgan fingerprint density at radius 1 is 1.13 bits per heavy atom. The van der Waals surface area contributed by atoms with Gasteiger partial charge in [0.1, 0.15) is 24.7 Å². The van der Waals surface area contributed by atoms with Crippen LogP contribution in [0.4, 0.5) is 5.69 Å². The third-order valence-corrected chi connectivity index (χ3v) is 10.5. The number of nitro groups is 1. The molecule has 1 fully saturated rings. The lowest BCUT2D eigenvalue weighted by Gasteiger charge is -2.60. The first-order valence-electron chi connectivity index (χ1n) is 18.3. The molecule has 280 valence electrons. The number of carbonyl (C=O) groups is 1. The Kier molecular flexibility index (Phi) is 13.3. The molecular formula is C40H51N3O9. The number of aliphatic hydroxyl groups is 2. The molecule has 2 aliphatic carbocycles. The van der Waals surface area contributed by atoms with Gasteiger partial charge in [0.05, 0.1) is 23.2 Å². The summed E-state index contributed by atoms with van der Waals surface area (Å²) in [5.74, 6) is -1.55. The highest BCUT2D eigenvalue weighted by atomic mass is 16.7. The van der Waals surface area contributed by atoms with Crippen LogP contribution < -0.4 is 4.74 Å². The van der Waals surface area contributed by atoms with Crippen molar-refractivity contribution >= 4 is 23.4 Å². The van der Waals surface area contributed by atoms with Gasteiger partial charge < -0.3 is 34.5 Å². The highest BCUT2D eigenvalue weighted by molar-refractivity contribution is 6.03. The summed E-state index contributed by atoms with van der Waals surface area (Å²) in [4.78, 5) is 32.3. The number of phenols is 1. The molecular weight excluding hydrogens is 666 g/mol. The number of oxime groups is 1. The maximum Gasteiger partial charge on any atom is 0.269 e. The van der Waals surface area contributed by atoms with Gasteiger partial charge in [0.25, 0.3) is 5.69 Å². The van der Waals surface area contributed by atoms with Crippen LogP contribution in [0.1, 0.15) is 75.3 Å². The molecule has 5 rings (SSSR count). The first kappa shape index (κ1) is 38.7. The maximum absolute atomic E-state index is 14.3. The molecule has 3 N–H and O–H groups in total. The van der Waals surface area contributed by atoms with Crippen molar-refractivity contribution in [1.82, 2.24) is 4.90 Å². The fourth-order valence-corrected chi connectivity index (χ4v) is 8.40. The third kappa shape index (κ3) is 8.09. The van der Waals surface area contributed by atoms with Crippen LogP contribution in [0.5, 0.6) is 11.5 Å². The van der Waals surface area contributed by atoms with Crippen molar-refractivity contribution in [1.29, 1.82) is 0 Å². The van der Waals surface area contributed by atoms with Gasteiger partial charge in [0, 0.05) is 55.9 Å². The molecule has 2 aromatic rings. The van der Waals surface area contributed by atoms with E-state index in [1.165, 1.54) is 25.3 Å². The van der Waals surface area contributed by atoms with Gasteiger partial charge in [-0.3, -0.25) is 14.9 Å². The highest BCUT2D eigenvalue weighted by Crippen LogP contribution is 2.61. The molecule has 0 bridgehead atoms. The van der Waals surface area contributed by atoms with Crippen molar-refractivity contribution in [2.45, 2.75) is 76.0 Å². The van der Waals surface area contributed by atoms with E-state index in [9.17, 15) is 30.2 Å². The monoisotopic (exact) mass is 717 g/mol. The van der Waals surface area contributed by atoms with E-state index in [-0.39, 0.29) is 61.3 Å². The molecule has 52 heavy (non-hydrogen) atoms. The van der Waals surface area contributed by atoms with E-state index in [2.05, 4.69) is 17.8 Å². The smallest absolute Gasteiger partial charge is 0.269 e. The molecule has 0 spiro atoms. The number of nitro benzene ring substituents is 1. The van der Waals surface area contributed by atoms with Crippen molar-refractivity contribution in [2.75, 3.05) is 33.5 Å². The standard InChI is InChI=1S/C40H51N3O9/c1-4-20-42(37(47)19-14-27-12-15-29(16-13-27)43(48)49)36-26-34(41-50-3)32-24-28(10-6-8-21-44)31(11-7-9-22-45)38-33-25-30(46)17-18-35(33)52-40(36,39(32)38)51-23-5-2/h5,12-19,24-25,28,31,36,38-39,44-46H,2,4,6-11,20-23,26H2,1,3H3/t28-,31+,36-,38+,39+,40+/m0/s1. The normalized spacial score (nSPS) is 25.5. The zero-order valence-electron chi connectivity index (χ0n) is 30.1. The molecule has 0 radical (unpaired) electrons. The summed E-state index contributed by atoms with van der Waals surface area (Å²) in [6.07, 6.45) is 12.5. The van der Waals surface area contributed by atoms with Crippen molar-refractivity contribution in [3.63, 3.8) is 0 Å². The molecule has 1 amide bonds. The second-order valence-corrected chi connectivity index (χ2v) is 13.7. The van der Waals surface area contributed by atoms with Gasteiger partial charge in [-0.1, -0.05) is 37.1 Å². The molecule has 12 nitrogen and oxygen atoms in total. The second kappa shape index (κ2) is 17.8. The van der Waals surface area contributed by atoms with Crippen LogP contribution >= 0.6 is 0 Å². The number of phenolic OH excluding ortho intramolecular Hbond substituents is 1. The predicted octanol–water partition coefficient (Wildman–Crippen LogP) is 6.52. The van der Waals surface area contributed by atoms with Crippen LogP contribution in [-0.2, 0) is 14.4 Å². The van der Waals surface area contributed by atoms with Gasteiger partial charge in [-0.05, 0) is 91.5 Å². The summed E-state index contributed by atoms with van der Waals surface area (Å²) in [6, 6.07) is 10.4. The minimum absolute atomic E-state index is 0.0381. The van der Waals surface area contributed by atoms with Gasteiger partial charge in [0.15, 0.2) is 0 Å². The Balaban J connectivity index is 1.69. The number of allylic oxidation sites excluding steroid dienone is 1. The first-order valence-corrected chi connectivity index (χ1v) is 18.3. The van der Waals surface area contributed by atoms with E-state index in [1.54, 1.807) is 47.4 Å². The molecule has 0 saturated heterocycles. The van der Waals surface area contributed by atoms with Gasteiger partial charge in [-0.25, -0.2) is 0 Å². The van der Waals surface area contributed by atoms with E-state index >= 15 is 0 Å². The number of hydrogen-bond acceptors (Lipinski definition) is 10. The molecule has 0 aromatic heterocycles. The molecule has 1 saturated carbocycles. The average Bonchev–Trinajstić information content (AvgIpc) is 3.14. The van der Waals surface area contributed by atoms with Crippen LogP contribution in [-0.4, -0.2) is 82.1 Å². The Morgan fingerprint density at radius 3 is 2.52 bits per heavy atom. The van der Waals surface area contributed by atoms with Gasteiger partial charge in [-0.15, -0.1) is 6.58 Å². The predicted molar refractivity (Wildman–Crippen MR) is 198 cm³/mol. The Hall–Kier alpha value is -4.52. The lowest BCUT2D eigenvalue weighted by atomic mass is 9.55. The van der Waals surface area contributed by atoms with Crippen LogP contribution in [0.25, 0.3) is 6.08 Å². The lowest BCUT2D eigenvalue weighted by molar-refractivity contribution is -0.384. The van der Waals surface area contributed by atoms with E-state index in [0.717, 1.165) is 36.8 Å². The first-order chi connectivity index (χ1) is 25.2. The number of benzene rings is 2. The largest absolute Gasteiger partial charge is 0.508 e. The number of aliphatic hydroxyl groups excluding tert-OH is 2. The fraction of sp³-hybridized carbons (Fsp3) is 0.500. The summed E-state index contributed by atoms with van der Waals surface area (Å²) in [6.45, 7) is 6.63. The summed E-state index contributed by atoms with van der Waals surface area (Å²) < 4.78 is 13.9.